The first-order valence-corrected chi connectivity index (χ1v) is 6.70. The van der Waals surface area contributed by atoms with Gasteiger partial charge in [0.15, 0.2) is 0 Å². The van der Waals surface area contributed by atoms with Gasteiger partial charge in [-0.2, -0.15) is 0 Å². The van der Waals surface area contributed by atoms with Crippen molar-refractivity contribution in [2.45, 2.75) is 32.1 Å². The average Bonchev–Trinajstić information content (AvgIpc) is 2.74. The first-order chi connectivity index (χ1) is 8.78. The summed E-state index contributed by atoms with van der Waals surface area (Å²) < 4.78 is 0. The highest BCUT2D eigenvalue weighted by Crippen LogP contribution is 2.55. The molecule has 18 heavy (non-hydrogen) atoms. The fraction of sp³-hybridized carbons (Fsp3) is 0.353. The molecule has 0 aromatic heterocycles. The second kappa shape index (κ2) is 4.24. The first-order valence-electron chi connectivity index (χ1n) is 6.70. The summed E-state index contributed by atoms with van der Waals surface area (Å²) in [6, 6.07) is 10.5. The Morgan fingerprint density at radius 1 is 1.17 bits per heavy atom. The van der Waals surface area contributed by atoms with Crippen LogP contribution in [0.1, 0.15) is 37.7 Å². The summed E-state index contributed by atoms with van der Waals surface area (Å²) in [4.78, 5) is 11.7. The molecular weight excluding hydrogens is 220 g/mol. The Labute approximate surface area is 108 Å². The second-order valence-corrected chi connectivity index (χ2v) is 5.40. The van der Waals surface area contributed by atoms with Crippen molar-refractivity contribution < 1.29 is 4.79 Å². The van der Waals surface area contributed by atoms with E-state index >= 15 is 0 Å². The van der Waals surface area contributed by atoms with Crippen LogP contribution in [0.5, 0.6) is 0 Å². The third-order valence-electron chi connectivity index (χ3n) is 4.50. The topological polar surface area (TPSA) is 17.1 Å². The quantitative estimate of drug-likeness (QED) is 0.558. The molecule has 0 radical (unpaired) electrons. The molecule has 1 saturated carbocycles. The molecule has 0 heterocycles. The molecule has 0 spiro atoms. The number of rotatable bonds is 2. The maximum absolute atomic E-state index is 11.7. The molecule has 0 amide bonds. The van der Waals surface area contributed by atoms with Crippen LogP contribution in [0.15, 0.2) is 48.1 Å². The van der Waals surface area contributed by atoms with Crippen LogP contribution in [0, 0.1) is 5.41 Å². The highest BCUT2D eigenvalue weighted by molar-refractivity contribution is 5.86. The van der Waals surface area contributed by atoms with Crippen LogP contribution in [0.25, 0.3) is 5.57 Å². The molecular formula is C17H18O. The van der Waals surface area contributed by atoms with Gasteiger partial charge in [0.2, 0.25) is 0 Å². The van der Waals surface area contributed by atoms with Gasteiger partial charge in [-0.15, -0.1) is 0 Å². The van der Waals surface area contributed by atoms with Crippen LogP contribution in [-0.4, -0.2) is 6.29 Å². The molecule has 1 unspecified atom stereocenters. The van der Waals surface area contributed by atoms with E-state index in [0.717, 1.165) is 37.5 Å². The zero-order valence-corrected chi connectivity index (χ0v) is 10.6. The molecule has 1 fully saturated rings. The number of carbonyl (C=O) groups excluding carboxylic acids is 1. The molecule has 1 nitrogen and oxygen atoms in total. The Morgan fingerprint density at radius 2 is 1.94 bits per heavy atom. The average molecular weight is 238 g/mol. The van der Waals surface area contributed by atoms with E-state index in [0.29, 0.717) is 0 Å². The van der Waals surface area contributed by atoms with E-state index < -0.39 is 0 Å². The Balaban J connectivity index is 2.14. The molecule has 0 bridgehead atoms. The van der Waals surface area contributed by atoms with Crippen LogP contribution in [0.3, 0.4) is 0 Å². The van der Waals surface area contributed by atoms with E-state index in [1.807, 2.05) is 6.07 Å². The summed E-state index contributed by atoms with van der Waals surface area (Å²) in [6.45, 7) is 4.18. The molecule has 0 aliphatic heterocycles. The highest BCUT2D eigenvalue weighted by Gasteiger charge is 2.44. The van der Waals surface area contributed by atoms with Crippen molar-refractivity contribution in [1.29, 1.82) is 0 Å². The van der Waals surface area contributed by atoms with E-state index in [4.69, 9.17) is 0 Å². The minimum atomic E-state index is -0.330. The van der Waals surface area contributed by atoms with Crippen molar-refractivity contribution in [2.24, 2.45) is 5.41 Å². The van der Waals surface area contributed by atoms with E-state index in [1.54, 1.807) is 0 Å². The number of allylic oxidation sites excluding steroid dienone is 3. The highest BCUT2D eigenvalue weighted by atomic mass is 16.1. The predicted molar refractivity (Wildman–Crippen MR) is 74.1 cm³/mol. The minimum absolute atomic E-state index is 0.330. The fourth-order valence-corrected chi connectivity index (χ4v) is 3.50. The summed E-state index contributed by atoms with van der Waals surface area (Å²) in [5.74, 6) is 0. The van der Waals surface area contributed by atoms with Crippen LogP contribution < -0.4 is 0 Å². The lowest BCUT2D eigenvalue weighted by Gasteiger charge is -2.32. The van der Waals surface area contributed by atoms with Gasteiger partial charge >= 0.3 is 0 Å². The molecule has 1 aromatic rings. The molecule has 2 aliphatic rings. The molecule has 1 atom stereocenters. The Kier molecular flexibility index (Phi) is 2.70. The van der Waals surface area contributed by atoms with Gasteiger partial charge in [0.1, 0.15) is 6.29 Å². The number of hydrogen-bond acceptors (Lipinski definition) is 1. The smallest absolute Gasteiger partial charge is 0.134 e. The Hall–Kier alpha value is -1.63. The second-order valence-electron chi connectivity index (χ2n) is 5.40. The molecule has 1 aromatic carbocycles. The number of benzene rings is 1. The van der Waals surface area contributed by atoms with E-state index in [-0.39, 0.29) is 5.41 Å². The van der Waals surface area contributed by atoms with Gasteiger partial charge in [-0.25, -0.2) is 0 Å². The van der Waals surface area contributed by atoms with E-state index in [1.165, 1.54) is 23.1 Å². The van der Waals surface area contributed by atoms with E-state index in [2.05, 4.69) is 30.8 Å². The van der Waals surface area contributed by atoms with Crippen LogP contribution in [0.4, 0.5) is 0 Å². The maximum atomic E-state index is 11.7. The summed E-state index contributed by atoms with van der Waals surface area (Å²) >= 11 is 0. The SMILES string of the molecule is C=C1CC(c2ccccc2)=C2CCCCC12C=O. The van der Waals surface area contributed by atoms with Gasteiger partial charge in [-0.1, -0.05) is 48.9 Å². The van der Waals surface area contributed by atoms with Crippen molar-refractivity contribution in [3.63, 3.8) is 0 Å². The zero-order valence-electron chi connectivity index (χ0n) is 10.6. The number of hydrogen-bond donors (Lipinski definition) is 0. The van der Waals surface area contributed by atoms with Crippen molar-refractivity contribution in [1.82, 2.24) is 0 Å². The van der Waals surface area contributed by atoms with Gasteiger partial charge < -0.3 is 4.79 Å². The normalized spacial score (nSPS) is 27.2. The zero-order chi connectivity index (χ0) is 12.6. The standard InChI is InChI=1S/C17H18O/c1-13-11-15(14-7-3-2-4-8-14)16-9-5-6-10-17(13,16)12-18/h2-4,7-8,12H,1,5-6,9-11H2. The maximum Gasteiger partial charge on any atom is 0.134 e. The van der Waals surface area contributed by atoms with Gasteiger partial charge in [0, 0.05) is 0 Å². The molecule has 3 rings (SSSR count). The fourth-order valence-electron chi connectivity index (χ4n) is 3.50. The summed E-state index contributed by atoms with van der Waals surface area (Å²) in [7, 11) is 0. The number of fused-ring (bicyclic) bond motifs is 1. The number of carbonyl (C=O) groups is 1. The van der Waals surface area contributed by atoms with Crippen molar-refractivity contribution in [3.05, 3.63) is 53.6 Å². The largest absolute Gasteiger partial charge is 0.302 e. The lowest BCUT2D eigenvalue weighted by Crippen LogP contribution is -2.27. The van der Waals surface area contributed by atoms with Gasteiger partial charge in [-0.05, 0) is 42.4 Å². The molecule has 1 heteroatoms. The molecule has 0 N–H and O–H groups in total. The van der Waals surface area contributed by atoms with Crippen LogP contribution >= 0.6 is 0 Å². The Bertz CT molecular complexity index is 524. The van der Waals surface area contributed by atoms with Crippen LogP contribution in [0.2, 0.25) is 0 Å². The molecule has 92 valence electrons. The lowest BCUT2D eigenvalue weighted by molar-refractivity contribution is -0.113. The minimum Gasteiger partial charge on any atom is -0.302 e. The number of aldehydes is 1. The summed E-state index contributed by atoms with van der Waals surface area (Å²) in [5.41, 5.74) is 4.74. The van der Waals surface area contributed by atoms with Crippen LogP contribution in [-0.2, 0) is 4.79 Å². The summed E-state index contributed by atoms with van der Waals surface area (Å²) in [5, 5.41) is 0. The van der Waals surface area contributed by atoms with Gasteiger partial charge in [-0.3, -0.25) is 0 Å². The predicted octanol–water partition coefficient (Wildman–Crippen LogP) is 4.16. The molecule has 2 aliphatic carbocycles. The summed E-state index contributed by atoms with van der Waals surface area (Å²) in [6.07, 6.45) is 6.39. The third-order valence-corrected chi connectivity index (χ3v) is 4.50. The van der Waals surface area contributed by atoms with Crippen molar-refractivity contribution in [3.8, 4) is 0 Å². The van der Waals surface area contributed by atoms with Crippen molar-refractivity contribution >= 4 is 11.9 Å². The third kappa shape index (κ3) is 1.50. The lowest BCUT2D eigenvalue weighted by atomic mass is 9.70. The molecule has 0 saturated heterocycles. The van der Waals surface area contributed by atoms with Gasteiger partial charge in [0.05, 0.1) is 5.41 Å². The van der Waals surface area contributed by atoms with Crippen molar-refractivity contribution in [2.75, 3.05) is 0 Å². The Morgan fingerprint density at radius 3 is 2.67 bits per heavy atom. The van der Waals surface area contributed by atoms with Gasteiger partial charge in [0.25, 0.3) is 0 Å². The first kappa shape index (κ1) is 11.5. The van der Waals surface area contributed by atoms with E-state index in [9.17, 15) is 4.79 Å². The monoisotopic (exact) mass is 238 g/mol.